The summed E-state index contributed by atoms with van der Waals surface area (Å²) >= 11 is 7.06. The topological polar surface area (TPSA) is 66.4 Å². The van der Waals surface area contributed by atoms with Gasteiger partial charge in [-0.15, -0.1) is 11.3 Å². The summed E-state index contributed by atoms with van der Waals surface area (Å²) < 4.78 is 0.571. The van der Waals surface area contributed by atoms with Crippen molar-refractivity contribution in [2.24, 2.45) is 4.99 Å². The van der Waals surface area contributed by atoms with Gasteiger partial charge < -0.3 is 5.32 Å². The maximum atomic E-state index is 11.7. The van der Waals surface area contributed by atoms with Crippen LogP contribution in [-0.4, -0.2) is 22.9 Å². The van der Waals surface area contributed by atoms with Crippen LogP contribution in [0.4, 0.5) is 0 Å². The third-order valence-corrected chi connectivity index (χ3v) is 3.56. The molecule has 1 aliphatic heterocycles. The Kier molecular flexibility index (Phi) is 2.33. The zero-order chi connectivity index (χ0) is 11.1. The first-order valence-electron chi connectivity index (χ1n) is 4.99. The van der Waals surface area contributed by atoms with Crippen LogP contribution < -0.4 is 10.6 Å². The van der Waals surface area contributed by atoms with Crippen LogP contribution in [0, 0.1) is 0 Å². The molecule has 1 amide bonds. The van der Waals surface area contributed by atoms with Crippen molar-refractivity contribution in [1.82, 2.24) is 15.6 Å². The molecule has 1 unspecified atom stereocenters. The van der Waals surface area contributed by atoms with Gasteiger partial charge in [-0.1, -0.05) is 11.6 Å². The molecule has 1 aromatic heterocycles. The SMILES string of the molecule is O=C1NC(NC2CC2)=NC1c1ncc(Cl)s1. The molecule has 2 heterocycles. The number of carbonyl (C=O) groups excluding carboxylic acids is 1. The summed E-state index contributed by atoms with van der Waals surface area (Å²) in [4.78, 5) is 20.0. The van der Waals surface area contributed by atoms with E-state index in [-0.39, 0.29) is 5.91 Å². The number of aliphatic imine (C=N–C) groups is 1. The van der Waals surface area contributed by atoms with Gasteiger partial charge in [0.25, 0.3) is 5.91 Å². The standard InChI is InChI=1S/C9H9ClN4OS/c10-5-3-11-8(16-5)6-7(15)14-9(13-6)12-4-1-2-4/h3-4,6H,1-2H2,(H2,12,13,14,15). The molecule has 2 N–H and O–H groups in total. The fourth-order valence-corrected chi connectivity index (χ4v) is 2.43. The van der Waals surface area contributed by atoms with Crippen LogP contribution in [0.5, 0.6) is 0 Å². The van der Waals surface area contributed by atoms with E-state index in [2.05, 4.69) is 20.6 Å². The lowest BCUT2D eigenvalue weighted by atomic mass is 10.3. The highest BCUT2D eigenvalue weighted by atomic mass is 35.5. The monoisotopic (exact) mass is 256 g/mol. The predicted molar refractivity (Wildman–Crippen MR) is 61.6 cm³/mol. The van der Waals surface area contributed by atoms with Crippen molar-refractivity contribution < 1.29 is 4.79 Å². The average Bonchev–Trinajstić information content (AvgIpc) is 2.82. The van der Waals surface area contributed by atoms with E-state index < -0.39 is 6.04 Å². The second kappa shape index (κ2) is 3.71. The molecule has 0 saturated heterocycles. The molecule has 0 spiro atoms. The number of rotatable bonds is 2. The predicted octanol–water partition coefficient (Wildman–Crippen LogP) is 1.08. The zero-order valence-electron chi connectivity index (χ0n) is 8.24. The summed E-state index contributed by atoms with van der Waals surface area (Å²) in [6, 6.07) is -0.0727. The summed E-state index contributed by atoms with van der Waals surface area (Å²) in [6.07, 6.45) is 3.82. The normalized spacial score (nSPS) is 24.2. The summed E-state index contributed by atoms with van der Waals surface area (Å²) in [7, 11) is 0. The van der Waals surface area contributed by atoms with E-state index in [1.54, 1.807) is 0 Å². The molecule has 0 radical (unpaired) electrons. The van der Waals surface area contributed by atoms with Gasteiger partial charge in [-0.2, -0.15) is 0 Å². The highest BCUT2D eigenvalue weighted by Crippen LogP contribution is 2.28. The summed E-state index contributed by atoms with van der Waals surface area (Å²) in [5.74, 6) is 0.415. The highest BCUT2D eigenvalue weighted by Gasteiger charge is 2.32. The zero-order valence-corrected chi connectivity index (χ0v) is 9.81. The van der Waals surface area contributed by atoms with Gasteiger partial charge in [-0.3, -0.25) is 10.1 Å². The number of nitrogens with one attached hydrogen (secondary N) is 2. The molecular formula is C9H9ClN4OS. The van der Waals surface area contributed by atoms with Gasteiger partial charge in [0.2, 0.25) is 0 Å². The van der Waals surface area contributed by atoms with Crippen LogP contribution in [0.15, 0.2) is 11.2 Å². The fraction of sp³-hybridized carbons (Fsp3) is 0.444. The van der Waals surface area contributed by atoms with Crippen molar-refractivity contribution in [2.75, 3.05) is 0 Å². The molecule has 1 fully saturated rings. The van der Waals surface area contributed by atoms with Gasteiger partial charge in [-0.05, 0) is 12.8 Å². The summed E-state index contributed by atoms with van der Waals surface area (Å²) in [5.41, 5.74) is 0. The number of hydrogen-bond donors (Lipinski definition) is 2. The molecular weight excluding hydrogens is 248 g/mol. The molecule has 0 aromatic carbocycles. The van der Waals surface area contributed by atoms with Crippen molar-refractivity contribution in [3.05, 3.63) is 15.5 Å². The van der Waals surface area contributed by atoms with Crippen molar-refractivity contribution in [3.8, 4) is 0 Å². The molecule has 1 aliphatic carbocycles. The Morgan fingerprint density at radius 3 is 3.00 bits per heavy atom. The minimum Gasteiger partial charge on any atom is -0.353 e. The largest absolute Gasteiger partial charge is 0.353 e. The molecule has 7 heteroatoms. The van der Waals surface area contributed by atoms with E-state index in [4.69, 9.17) is 11.6 Å². The van der Waals surface area contributed by atoms with Gasteiger partial charge in [0, 0.05) is 6.04 Å². The number of halogens is 1. The third-order valence-electron chi connectivity index (χ3n) is 2.40. The molecule has 16 heavy (non-hydrogen) atoms. The summed E-state index contributed by atoms with van der Waals surface area (Å²) in [6.45, 7) is 0. The number of carbonyl (C=O) groups is 1. The van der Waals surface area contributed by atoms with Crippen LogP contribution in [0.2, 0.25) is 4.34 Å². The second-order valence-corrected chi connectivity index (χ2v) is 5.48. The van der Waals surface area contributed by atoms with E-state index in [1.807, 2.05) is 0 Å². The minimum absolute atomic E-state index is 0.144. The Hall–Kier alpha value is -1.14. The highest BCUT2D eigenvalue weighted by molar-refractivity contribution is 7.16. The van der Waals surface area contributed by atoms with Gasteiger partial charge >= 0.3 is 0 Å². The Balaban J connectivity index is 1.79. The van der Waals surface area contributed by atoms with Crippen LogP contribution >= 0.6 is 22.9 Å². The number of nitrogens with zero attached hydrogens (tertiary/aromatic N) is 2. The Bertz CT molecular complexity index is 468. The Morgan fingerprint density at radius 1 is 1.56 bits per heavy atom. The number of hydrogen-bond acceptors (Lipinski definition) is 5. The number of guanidine groups is 1. The lowest BCUT2D eigenvalue weighted by Gasteiger charge is -2.00. The molecule has 84 valence electrons. The molecule has 0 bridgehead atoms. The second-order valence-electron chi connectivity index (χ2n) is 3.79. The Labute approximate surface area is 101 Å². The van der Waals surface area contributed by atoms with Crippen LogP contribution in [0.25, 0.3) is 0 Å². The maximum Gasteiger partial charge on any atom is 0.258 e. The maximum absolute atomic E-state index is 11.7. The molecule has 2 aliphatic rings. The minimum atomic E-state index is -0.543. The summed E-state index contributed by atoms with van der Waals surface area (Å²) in [5, 5.41) is 6.49. The molecule has 1 atom stereocenters. The van der Waals surface area contributed by atoms with E-state index in [9.17, 15) is 4.79 Å². The quantitative estimate of drug-likeness (QED) is 0.832. The number of amides is 1. The van der Waals surface area contributed by atoms with Crippen molar-refractivity contribution in [2.45, 2.75) is 24.9 Å². The van der Waals surface area contributed by atoms with Gasteiger partial charge in [0.15, 0.2) is 12.0 Å². The molecule has 1 saturated carbocycles. The number of thiazole rings is 1. The first kappa shape index (κ1) is 10.0. The first-order valence-corrected chi connectivity index (χ1v) is 6.18. The van der Waals surface area contributed by atoms with Gasteiger partial charge in [0.05, 0.1) is 6.20 Å². The van der Waals surface area contributed by atoms with Crippen LogP contribution in [-0.2, 0) is 4.79 Å². The van der Waals surface area contributed by atoms with E-state index in [1.165, 1.54) is 17.5 Å². The fourth-order valence-electron chi connectivity index (χ4n) is 1.46. The van der Waals surface area contributed by atoms with E-state index in [0.29, 0.717) is 21.3 Å². The molecule has 5 nitrogen and oxygen atoms in total. The van der Waals surface area contributed by atoms with E-state index in [0.717, 1.165) is 12.8 Å². The van der Waals surface area contributed by atoms with E-state index >= 15 is 0 Å². The van der Waals surface area contributed by atoms with Crippen LogP contribution in [0.1, 0.15) is 23.9 Å². The molecule has 3 rings (SSSR count). The lowest BCUT2D eigenvalue weighted by molar-refractivity contribution is -0.120. The smallest absolute Gasteiger partial charge is 0.258 e. The van der Waals surface area contributed by atoms with Crippen LogP contribution in [0.3, 0.4) is 0 Å². The van der Waals surface area contributed by atoms with Gasteiger partial charge in [0.1, 0.15) is 9.34 Å². The molecule has 1 aromatic rings. The average molecular weight is 257 g/mol. The van der Waals surface area contributed by atoms with Crippen molar-refractivity contribution in [1.29, 1.82) is 0 Å². The van der Waals surface area contributed by atoms with Gasteiger partial charge in [-0.25, -0.2) is 9.98 Å². The van der Waals surface area contributed by atoms with Crippen molar-refractivity contribution in [3.63, 3.8) is 0 Å². The Morgan fingerprint density at radius 2 is 2.38 bits per heavy atom. The lowest BCUT2D eigenvalue weighted by Crippen LogP contribution is -2.37. The third kappa shape index (κ3) is 1.90. The number of aromatic nitrogens is 1. The first-order chi connectivity index (χ1) is 7.72. The van der Waals surface area contributed by atoms with Crippen molar-refractivity contribution >= 4 is 34.8 Å².